The lowest BCUT2D eigenvalue weighted by Gasteiger charge is -2.26. The van der Waals surface area contributed by atoms with Gasteiger partial charge in [-0.05, 0) is 36.6 Å². The summed E-state index contributed by atoms with van der Waals surface area (Å²) < 4.78 is 1.97. The maximum Gasteiger partial charge on any atom is 0.336 e. The number of aromatic nitrogens is 1. The van der Waals surface area contributed by atoms with Crippen molar-refractivity contribution in [3.63, 3.8) is 0 Å². The van der Waals surface area contributed by atoms with Gasteiger partial charge >= 0.3 is 5.97 Å². The van der Waals surface area contributed by atoms with Crippen molar-refractivity contribution in [3.05, 3.63) is 35.0 Å². The molecule has 0 spiro atoms. The molecule has 2 aromatic rings. The number of aliphatic hydroxyl groups excluding tert-OH is 1. The molecule has 1 aliphatic rings. The van der Waals surface area contributed by atoms with Crippen molar-refractivity contribution in [1.29, 1.82) is 0 Å². The Morgan fingerprint density at radius 1 is 1.25 bits per heavy atom. The molecular weight excluding hydrogens is 306 g/mol. The smallest absolute Gasteiger partial charge is 0.336 e. The fourth-order valence-electron chi connectivity index (χ4n) is 3.45. The van der Waals surface area contributed by atoms with Gasteiger partial charge in [-0.25, -0.2) is 4.79 Å². The summed E-state index contributed by atoms with van der Waals surface area (Å²) in [6.45, 7) is 7.56. The van der Waals surface area contributed by atoms with Gasteiger partial charge in [-0.15, -0.1) is 0 Å². The van der Waals surface area contributed by atoms with Crippen molar-refractivity contribution in [2.45, 2.75) is 19.9 Å². The van der Waals surface area contributed by atoms with E-state index in [4.69, 9.17) is 0 Å². The Morgan fingerprint density at radius 3 is 2.67 bits per heavy atom. The molecule has 24 heavy (non-hydrogen) atoms. The Morgan fingerprint density at radius 2 is 2.00 bits per heavy atom. The average Bonchev–Trinajstić information content (AvgIpc) is 2.90. The summed E-state index contributed by atoms with van der Waals surface area (Å²) in [6.07, 6.45) is 2.99. The van der Waals surface area contributed by atoms with Crippen molar-refractivity contribution < 1.29 is 15.0 Å². The first-order valence-corrected chi connectivity index (χ1v) is 8.49. The largest absolute Gasteiger partial charge is 0.478 e. The second-order valence-electron chi connectivity index (χ2n) is 6.40. The van der Waals surface area contributed by atoms with Crippen LogP contribution in [0.3, 0.4) is 0 Å². The van der Waals surface area contributed by atoms with Gasteiger partial charge in [-0.3, -0.25) is 0 Å². The second kappa shape index (κ2) is 7.34. The van der Waals surface area contributed by atoms with Gasteiger partial charge in [-0.2, -0.15) is 0 Å². The first-order chi connectivity index (χ1) is 11.6. The Labute approximate surface area is 141 Å². The third kappa shape index (κ3) is 3.45. The summed E-state index contributed by atoms with van der Waals surface area (Å²) >= 11 is 0. The predicted molar refractivity (Wildman–Crippen MR) is 93.7 cm³/mol. The lowest BCUT2D eigenvalue weighted by Crippen LogP contribution is -2.44. The van der Waals surface area contributed by atoms with Gasteiger partial charge in [0.25, 0.3) is 0 Å². The summed E-state index contributed by atoms with van der Waals surface area (Å²) in [7, 11) is 0. The van der Waals surface area contributed by atoms with Crippen LogP contribution in [0.5, 0.6) is 0 Å². The normalized spacial score (nSPS) is 15.9. The number of nitrogens with one attached hydrogen (secondary N) is 1. The number of carbonyl (C=O) groups is 1. The topological polar surface area (TPSA) is 77.7 Å². The molecule has 1 aliphatic heterocycles. The van der Waals surface area contributed by atoms with Crippen LogP contribution >= 0.6 is 0 Å². The zero-order valence-corrected chi connectivity index (χ0v) is 14.1. The van der Waals surface area contributed by atoms with E-state index in [1.807, 2.05) is 17.6 Å². The summed E-state index contributed by atoms with van der Waals surface area (Å²) in [5, 5.41) is 23.1. The summed E-state index contributed by atoms with van der Waals surface area (Å²) in [6, 6.07) is 3.71. The van der Waals surface area contributed by atoms with Crippen LogP contribution in [0.1, 0.15) is 21.5 Å². The van der Waals surface area contributed by atoms with Crippen LogP contribution in [0.15, 0.2) is 18.3 Å². The molecular formula is C18H25N3O3. The van der Waals surface area contributed by atoms with Gasteiger partial charge < -0.3 is 25.0 Å². The van der Waals surface area contributed by atoms with Crippen molar-refractivity contribution in [2.24, 2.45) is 0 Å². The molecule has 0 amide bonds. The zero-order chi connectivity index (χ0) is 17.1. The highest BCUT2D eigenvalue weighted by Gasteiger charge is 2.16. The molecule has 0 aliphatic carbocycles. The molecule has 1 saturated heterocycles. The van der Waals surface area contributed by atoms with Crippen LogP contribution in [0.4, 0.5) is 0 Å². The number of carboxylic acids is 1. The summed E-state index contributed by atoms with van der Waals surface area (Å²) in [5.74, 6) is -0.909. The molecule has 1 fully saturated rings. The SMILES string of the molecule is Cc1cc2c(CCN3CCNCC3)cn(CCO)c2cc1C(=O)O. The van der Waals surface area contributed by atoms with E-state index in [-0.39, 0.29) is 6.61 Å². The van der Waals surface area contributed by atoms with Gasteiger partial charge in [0.05, 0.1) is 12.2 Å². The van der Waals surface area contributed by atoms with Gasteiger partial charge in [-0.1, -0.05) is 0 Å². The summed E-state index contributed by atoms with van der Waals surface area (Å²) in [4.78, 5) is 13.9. The number of aromatic carboxylic acids is 1. The Balaban J connectivity index is 1.91. The number of aryl methyl sites for hydroxylation is 1. The van der Waals surface area contributed by atoms with Crippen LogP contribution in [0.2, 0.25) is 0 Å². The second-order valence-corrected chi connectivity index (χ2v) is 6.40. The highest BCUT2D eigenvalue weighted by atomic mass is 16.4. The molecule has 0 unspecified atom stereocenters. The number of fused-ring (bicyclic) bond motifs is 1. The number of rotatable bonds is 6. The quantitative estimate of drug-likeness (QED) is 0.738. The predicted octanol–water partition coefficient (Wildman–Crippen LogP) is 1.09. The molecule has 6 heteroatoms. The molecule has 130 valence electrons. The number of piperazine rings is 1. The lowest BCUT2D eigenvalue weighted by atomic mass is 10.0. The molecule has 0 atom stereocenters. The van der Waals surface area contributed by atoms with E-state index in [9.17, 15) is 15.0 Å². The number of nitrogens with zero attached hydrogens (tertiary/aromatic N) is 2. The number of hydrogen-bond donors (Lipinski definition) is 3. The molecule has 0 saturated carbocycles. The van der Waals surface area contributed by atoms with Crippen molar-refractivity contribution in [2.75, 3.05) is 39.3 Å². The number of carboxylic acid groups (broad SMARTS) is 1. The minimum Gasteiger partial charge on any atom is -0.478 e. The third-order valence-electron chi connectivity index (χ3n) is 4.79. The monoisotopic (exact) mass is 331 g/mol. The van der Waals surface area contributed by atoms with Crippen molar-refractivity contribution in [3.8, 4) is 0 Å². The lowest BCUT2D eigenvalue weighted by molar-refractivity contribution is 0.0696. The van der Waals surface area contributed by atoms with E-state index in [0.29, 0.717) is 12.1 Å². The van der Waals surface area contributed by atoms with Crippen LogP contribution in [0.25, 0.3) is 10.9 Å². The Kier molecular flexibility index (Phi) is 5.18. The first kappa shape index (κ1) is 17.0. The molecule has 6 nitrogen and oxygen atoms in total. The minimum absolute atomic E-state index is 0.0390. The minimum atomic E-state index is -0.909. The van der Waals surface area contributed by atoms with Crippen LogP contribution < -0.4 is 5.32 Å². The molecule has 0 radical (unpaired) electrons. The van der Waals surface area contributed by atoms with E-state index in [1.54, 1.807) is 6.07 Å². The highest BCUT2D eigenvalue weighted by molar-refractivity contribution is 5.96. The van der Waals surface area contributed by atoms with Gasteiger partial charge in [0, 0.05) is 56.4 Å². The Hall–Kier alpha value is -1.89. The van der Waals surface area contributed by atoms with Gasteiger partial charge in [0.2, 0.25) is 0 Å². The van der Waals surface area contributed by atoms with E-state index < -0.39 is 5.97 Å². The molecule has 3 rings (SSSR count). The maximum absolute atomic E-state index is 11.4. The zero-order valence-electron chi connectivity index (χ0n) is 14.1. The molecule has 0 bridgehead atoms. The number of benzene rings is 1. The number of hydrogen-bond acceptors (Lipinski definition) is 4. The standard InChI is InChI=1S/C18H25N3O3/c1-13-10-16-14(2-5-20-6-3-19-4-7-20)12-21(8-9-22)17(16)11-15(13)18(23)24/h10-12,19,22H,2-9H2,1H3,(H,23,24). The van der Waals surface area contributed by atoms with E-state index in [1.165, 1.54) is 5.56 Å². The van der Waals surface area contributed by atoms with E-state index in [2.05, 4.69) is 16.4 Å². The van der Waals surface area contributed by atoms with E-state index in [0.717, 1.165) is 55.6 Å². The summed E-state index contributed by atoms with van der Waals surface area (Å²) in [5.41, 5.74) is 3.22. The van der Waals surface area contributed by atoms with Crippen molar-refractivity contribution in [1.82, 2.24) is 14.8 Å². The molecule has 1 aromatic heterocycles. The highest BCUT2D eigenvalue weighted by Crippen LogP contribution is 2.26. The maximum atomic E-state index is 11.4. The van der Waals surface area contributed by atoms with Crippen LogP contribution in [-0.2, 0) is 13.0 Å². The number of aliphatic hydroxyl groups is 1. The molecule has 1 aromatic carbocycles. The van der Waals surface area contributed by atoms with E-state index >= 15 is 0 Å². The van der Waals surface area contributed by atoms with Crippen molar-refractivity contribution >= 4 is 16.9 Å². The van der Waals surface area contributed by atoms with Gasteiger partial charge in [0.15, 0.2) is 0 Å². The fraction of sp³-hybridized carbons (Fsp3) is 0.500. The molecule has 2 heterocycles. The van der Waals surface area contributed by atoms with Crippen LogP contribution in [0, 0.1) is 6.92 Å². The Bertz CT molecular complexity index is 733. The first-order valence-electron chi connectivity index (χ1n) is 8.49. The average molecular weight is 331 g/mol. The third-order valence-corrected chi connectivity index (χ3v) is 4.79. The van der Waals surface area contributed by atoms with Crippen LogP contribution in [-0.4, -0.2) is 65.0 Å². The fourth-order valence-corrected chi connectivity index (χ4v) is 3.45. The molecule has 3 N–H and O–H groups in total. The van der Waals surface area contributed by atoms with Gasteiger partial charge in [0.1, 0.15) is 0 Å².